The maximum atomic E-state index is 13.0. The van der Waals surface area contributed by atoms with E-state index in [9.17, 15) is 69.9 Å². The number of hydrogen-bond acceptors (Lipinski definition) is 20. The second kappa shape index (κ2) is 18.2. The zero-order valence-electron chi connectivity index (χ0n) is 28.4. The molecule has 0 bridgehead atoms. The summed E-state index contributed by atoms with van der Waals surface area (Å²) in [4.78, 5) is 60.4. The van der Waals surface area contributed by atoms with Gasteiger partial charge in [-0.2, -0.15) is 0 Å². The topological polar surface area (TPSA) is 356 Å². The molecule has 23 nitrogen and oxygen atoms in total. The predicted octanol–water partition coefficient (Wildman–Crippen LogP) is -6.94. The molecule has 16 atom stereocenters. The van der Waals surface area contributed by atoms with E-state index < -0.39 is 154 Å². The lowest BCUT2D eigenvalue weighted by atomic mass is 9.87. The van der Waals surface area contributed by atoms with Gasteiger partial charge in [0.2, 0.25) is 11.8 Å². The lowest BCUT2D eigenvalue weighted by molar-refractivity contribution is -0.380. The summed E-state index contributed by atoms with van der Waals surface area (Å²) in [6.45, 7) is 1.26. The van der Waals surface area contributed by atoms with Crippen LogP contribution < -0.4 is 10.6 Å². The van der Waals surface area contributed by atoms with E-state index in [1.165, 1.54) is 0 Å². The standard InChI is InChI=1S/C29H46N2O21/c1-9(34)30-17-13(38)5-29(28(44)45,51-24(17)22(47-12(4)37)14(39)8-46-11(3)36)52-25-20(41)16(7-33)49-27(21(25)42)50-23-18(31-10(2)35)26(43)48-15(6-32)19(23)40/h13-27,32-33,38-43H,5-8H2,1-4H3,(H,30,34)(H,31,35)(H,44,45)/t13-,14+,15+,16+,17+,18+,19-,20-,21+,22+,23+,24+,25-,26+,27-,29-/m0/s1. The molecule has 3 heterocycles. The minimum absolute atomic E-state index is 0.737. The summed E-state index contributed by atoms with van der Waals surface area (Å²) in [5.41, 5.74) is 0. The second-order valence-corrected chi connectivity index (χ2v) is 12.4. The quantitative estimate of drug-likeness (QED) is 0.0733. The number of carbonyl (C=O) groups excluding carboxylic acids is 4. The molecule has 3 aliphatic heterocycles. The van der Waals surface area contributed by atoms with Gasteiger partial charge in [-0.1, -0.05) is 0 Å². The summed E-state index contributed by atoms with van der Waals surface area (Å²) in [5.74, 6) is -8.61. The highest BCUT2D eigenvalue weighted by Gasteiger charge is 2.61. The molecule has 3 fully saturated rings. The van der Waals surface area contributed by atoms with Crippen LogP contribution in [0.5, 0.6) is 0 Å². The summed E-state index contributed by atoms with van der Waals surface area (Å²) in [5, 5.41) is 101. The van der Waals surface area contributed by atoms with Crippen molar-refractivity contribution in [3.05, 3.63) is 0 Å². The van der Waals surface area contributed by atoms with Crippen LogP contribution in [0.1, 0.15) is 34.1 Å². The fourth-order valence-electron chi connectivity index (χ4n) is 6.08. The van der Waals surface area contributed by atoms with Crippen molar-refractivity contribution >= 4 is 29.7 Å². The van der Waals surface area contributed by atoms with Crippen molar-refractivity contribution in [1.29, 1.82) is 0 Å². The molecule has 23 heteroatoms. The highest BCUT2D eigenvalue weighted by molar-refractivity contribution is 5.77. The van der Waals surface area contributed by atoms with Crippen molar-refractivity contribution < 1.29 is 103 Å². The molecule has 0 saturated carbocycles. The zero-order chi connectivity index (χ0) is 39.2. The Morgan fingerprint density at radius 2 is 1.37 bits per heavy atom. The number of nitrogens with one attached hydrogen (secondary N) is 2. The monoisotopic (exact) mass is 758 g/mol. The summed E-state index contributed by atoms with van der Waals surface area (Å²) in [6.07, 6.45) is -26.2. The highest BCUT2D eigenvalue weighted by atomic mass is 16.8. The fourth-order valence-corrected chi connectivity index (χ4v) is 6.08. The molecule has 0 aromatic heterocycles. The van der Waals surface area contributed by atoms with E-state index in [-0.39, 0.29) is 0 Å². The number of ether oxygens (including phenoxy) is 7. The second-order valence-electron chi connectivity index (χ2n) is 12.4. The number of rotatable bonds is 14. The number of amides is 2. The van der Waals surface area contributed by atoms with Crippen molar-refractivity contribution in [3.63, 3.8) is 0 Å². The molecule has 3 rings (SSSR count). The summed E-state index contributed by atoms with van der Waals surface area (Å²) >= 11 is 0. The van der Waals surface area contributed by atoms with E-state index in [1.807, 2.05) is 0 Å². The van der Waals surface area contributed by atoms with Gasteiger partial charge < -0.3 is 89.8 Å². The third-order valence-corrected chi connectivity index (χ3v) is 8.41. The van der Waals surface area contributed by atoms with Gasteiger partial charge in [0.1, 0.15) is 67.6 Å². The largest absolute Gasteiger partial charge is 0.477 e. The summed E-state index contributed by atoms with van der Waals surface area (Å²) in [7, 11) is 0. The van der Waals surface area contributed by atoms with Crippen LogP contribution in [0.2, 0.25) is 0 Å². The number of carbonyl (C=O) groups is 5. The van der Waals surface area contributed by atoms with Gasteiger partial charge in [0.25, 0.3) is 5.79 Å². The summed E-state index contributed by atoms with van der Waals surface area (Å²) < 4.78 is 37.7. The smallest absolute Gasteiger partial charge is 0.364 e. The molecule has 0 unspecified atom stereocenters. The van der Waals surface area contributed by atoms with Crippen molar-refractivity contribution in [2.75, 3.05) is 19.8 Å². The first-order valence-electron chi connectivity index (χ1n) is 16.0. The van der Waals surface area contributed by atoms with E-state index in [0.29, 0.717) is 0 Å². The van der Waals surface area contributed by atoms with Crippen LogP contribution >= 0.6 is 0 Å². The zero-order valence-corrected chi connectivity index (χ0v) is 28.4. The van der Waals surface area contributed by atoms with Crippen molar-refractivity contribution in [3.8, 4) is 0 Å². The van der Waals surface area contributed by atoms with E-state index >= 15 is 0 Å². The highest BCUT2D eigenvalue weighted by Crippen LogP contribution is 2.38. The predicted molar refractivity (Wildman–Crippen MR) is 161 cm³/mol. The average molecular weight is 759 g/mol. The molecule has 3 aliphatic rings. The molecular weight excluding hydrogens is 712 g/mol. The fraction of sp³-hybridized carbons (Fsp3) is 0.828. The van der Waals surface area contributed by atoms with E-state index in [1.54, 1.807) is 0 Å². The van der Waals surface area contributed by atoms with Crippen molar-refractivity contribution in [1.82, 2.24) is 10.6 Å². The normalized spacial score (nSPS) is 39.0. The number of carboxylic acids is 1. The molecule has 52 heavy (non-hydrogen) atoms. The Labute approximate surface area is 295 Å². The Kier molecular flexibility index (Phi) is 15.2. The van der Waals surface area contributed by atoms with Gasteiger partial charge in [0.15, 0.2) is 18.7 Å². The number of hydrogen-bond donors (Lipinski definition) is 11. The van der Waals surface area contributed by atoms with Gasteiger partial charge in [0.05, 0.1) is 25.4 Å². The van der Waals surface area contributed by atoms with E-state index in [2.05, 4.69) is 10.6 Å². The summed E-state index contributed by atoms with van der Waals surface area (Å²) in [6, 6.07) is -3.18. The first kappa shape index (κ1) is 43.2. The van der Waals surface area contributed by atoms with Crippen LogP contribution in [0.25, 0.3) is 0 Å². The average Bonchev–Trinajstić information content (AvgIpc) is 3.05. The third kappa shape index (κ3) is 10.1. The van der Waals surface area contributed by atoms with Gasteiger partial charge >= 0.3 is 17.9 Å². The molecule has 0 spiro atoms. The Bertz CT molecular complexity index is 1270. The van der Waals surface area contributed by atoms with Crippen LogP contribution in [-0.2, 0) is 57.1 Å². The molecule has 11 N–H and O–H groups in total. The lowest BCUT2D eigenvalue weighted by Crippen LogP contribution is -2.71. The van der Waals surface area contributed by atoms with Crippen molar-refractivity contribution in [2.45, 2.75) is 132 Å². The lowest BCUT2D eigenvalue weighted by Gasteiger charge is -2.51. The molecule has 0 aromatic rings. The van der Waals surface area contributed by atoms with Crippen molar-refractivity contribution in [2.24, 2.45) is 0 Å². The Morgan fingerprint density at radius 1 is 0.808 bits per heavy atom. The Balaban J connectivity index is 2.04. The molecule has 0 aromatic carbocycles. The number of aliphatic hydroxyl groups excluding tert-OH is 8. The third-order valence-electron chi connectivity index (χ3n) is 8.41. The van der Waals surface area contributed by atoms with Crippen LogP contribution in [0.15, 0.2) is 0 Å². The maximum Gasteiger partial charge on any atom is 0.364 e. The van der Waals surface area contributed by atoms with Crippen LogP contribution in [0.3, 0.4) is 0 Å². The minimum Gasteiger partial charge on any atom is -0.477 e. The molecule has 0 radical (unpaired) electrons. The van der Waals surface area contributed by atoms with Crippen LogP contribution in [0.4, 0.5) is 0 Å². The number of aliphatic hydroxyl groups is 8. The Hall–Kier alpha value is -3.17. The van der Waals surface area contributed by atoms with Crippen LogP contribution in [0, 0.1) is 0 Å². The molecule has 298 valence electrons. The molecule has 2 amide bonds. The maximum absolute atomic E-state index is 13.0. The number of aliphatic carboxylic acids is 1. The van der Waals surface area contributed by atoms with Gasteiger partial charge in [0, 0.05) is 34.1 Å². The van der Waals surface area contributed by atoms with E-state index in [4.69, 9.17) is 33.2 Å². The van der Waals surface area contributed by atoms with Gasteiger partial charge in [-0.15, -0.1) is 0 Å². The SMILES string of the molecule is CC(=O)N[C@@H]1[C@@H](O[C@@H]2O[C@H](CO)[C@H](O)[C@H](O[C@]3(C(=O)O)C[C@H](O)[C@@H](NC(C)=O)[C@H]([C@H](OC(C)=O)[C@H](O)COC(C)=O)O3)[C@H]2O)[C@@H](O)[C@@H](CO)O[C@H]1O. The number of carboxylic acid groups (broad SMARTS) is 1. The Morgan fingerprint density at radius 3 is 1.88 bits per heavy atom. The molecular formula is C29H46N2O21. The first-order chi connectivity index (χ1) is 24.3. The van der Waals surface area contributed by atoms with E-state index in [0.717, 1.165) is 27.7 Å². The first-order valence-corrected chi connectivity index (χ1v) is 16.0. The molecule has 3 saturated heterocycles. The van der Waals surface area contributed by atoms with Gasteiger partial charge in [-0.25, -0.2) is 4.79 Å². The number of esters is 2. The minimum atomic E-state index is -3.12. The van der Waals surface area contributed by atoms with Crippen LogP contribution in [-0.4, -0.2) is 193 Å². The molecule has 0 aliphatic carbocycles. The van der Waals surface area contributed by atoms with Gasteiger partial charge in [-0.3, -0.25) is 19.2 Å². The van der Waals surface area contributed by atoms with Gasteiger partial charge in [-0.05, 0) is 0 Å².